The number of ether oxygens (including phenoxy) is 3. The van der Waals surface area contributed by atoms with E-state index in [4.69, 9.17) is 25.8 Å². The molecule has 12 heteroatoms. The van der Waals surface area contributed by atoms with E-state index < -0.39 is 28.4 Å². The van der Waals surface area contributed by atoms with E-state index in [1.54, 1.807) is 36.4 Å². The maximum atomic E-state index is 13.5. The fourth-order valence-corrected chi connectivity index (χ4v) is 5.16. The number of carbonyl (C=O) groups excluding carboxylic acids is 2. The highest BCUT2D eigenvalue weighted by Crippen LogP contribution is 2.34. The summed E-state index contributed by atoms with van der Waals surface area (Å²) < 4.78 is 44.1. The van der Waals surface area contributed by atoms with Crippen molar-refractivity contribution in [1.29, 1.82) is 0 Å². The Balaban J connectivity index is 1.96. The third-order valence-corrected chi connectivity index (χ3v) is 7.83. The largest absolute Gasteiger partial charge is 0.493 e. The first-order chi connectivity index (χ1) is 17.6. The summed E-state index contributed by atoms with van der Waals surface area (Å²) in [4.78, 5) is 25.5. The van der Waals surface area contributed by atoms with Crippen LogP contribution in [0.15, 0.2) is 70.0 Å². The van der Waals surface area contributed by atoms with Crippen molar-refractivity contribution in [2.24, 2.45) is 0 Å². The SMILES string of the molecule is COC(=O)c1cc(OC)c(OC)cc1NC(=O)CN(Cc1ccc(Cl)cc1)S(=O)(=O)c1ccc(Br)cc1. The minimum absolute atomic E-state index is 0.00789. The predicted octanol–water partition coefficient (Wildman–Crippen LogP) is 4.74. The van der Waals surface area contributed by atoms with E-state index in [-0.39, 0.29) is 34.2 Å². The minimum atomic E-state index is -4.09. The molecule has 0 aromatic heterocycles. The molecular formula is C25H24BrClN2O7S. The third-order valence-electron chi connectivity index (χ3n) is 5.25. The summed E-state index contributed by atoms with van der Waals surface area (Å²) >= 11 is 9.26. The van der Waals surface area contributed by atoms with Gasteiger partial charge in [-0.15, -0.1) is 0 Å². The van der Waals surface area contributed by atoms with Gasteiger partial charge in [-0.3, -0.25) is 4.79 Å². The molecule has 0 aliphatic rings. The van der Waals surface area contributed by atoms with Crippen LogP contribution in [0.4, 0.5) is 5.69 Å². The van der Waals surface area contributed by atoms with Crippen molar-refractivity contribution in [2.75, 3.05) is 33.2 Å². The third kappa shape index (κ3) is 7.01. The second-order valence-electron chi connectivity index (χ2n) is 7.65. The fraction of sp³-hybridized carbons (Fsp3) is 0.200. The van der Waals surface area contributed by atoms with E-state index in [0.29, 0.717) is 15.1 Å². The molecule has 3 aromatic carbocycles. The van der Waals surface area contributed by atoms with Crippen molar-refractivity contribution in [3.8, 4) is 11.5 Å². The van der Waals surface area contributed by atoms with Crippen LogP contribution in [0.3, 0.4) is 0 Å². The molecule has 0 atom stereocenters. The summed E-state index contributed by atoms with van der Waals surface area (Å²) in [6, 6.07) is 15.5. The summed E-state index contributed by atoms with van der Waals surface area (Å²) in [5.74, 6) is -0.905. The summed E-state index contributed by atoms with van der Waals surface area (Å²) in [6.07, 6.45) is 0. The number of sulfonamides is 1. The zero-order chi connectivity index (χ0) is 27.2. The van der Waals surface area contributed by atoms with Gasteiger partial charge in [0.25, 0.3) is 0 Å². The zero-order valence-corrected chi connectivity index (χ0v) is 23.3. The molecule has 9 nitrogen and oxygen atoms in total. The molecule has 0 saturated carbocycles. The second kappa shape index (κ2) is 12.4. The average molecular weight is 612 g/mol. The van der Waals surface area contributed by atoms with Crippen LogP contribution in [0, 0.1) is 0 Å². The molecule has 0 bridgehead atoms. The Kier molecular flexibility index (Phi) is 9.55. The molecule has 0 saturated heterocycles. The van der Waals surface area contributed by atoms with Gasteiger partial charge in [-0.2, -0.15) is 4.31 Å². The van der Waals surface area contributed by atoms with Gasteiger partial charge >= 0.3 is 5.97 Å². The van der Waals surface area contributed by atoms with E-state index in [9.17, 15) is 18.0 Å². The van der Waals surface area contributed by atoms with Gasteiger partial charge in [0, 0.05) is 28.2 Å². The number of nitrogens with one attached hydrogen (secondary N) is 1. The molecule has 1 amide bonds. The number of esters is 1. The standard InChI is InChI=1S/C25H24BrClN2O7S/c1-34-22-12-20(25(31)36-3)21(13-23(22)35-2)28-24(30)15-29(14-16-4-8-18(27)9-5-16)37(32,33)19-10-6-17(26)7-11-19/h4-13H,14-15H2,1-3H3,(H,28,30). The summed E-state index contributed by atoms with van der Waals surface area (Å²) in [6.45, 7) is -0.644. The maximum absolute atomic E-state index is 13.5. The Morgan fingerprint density at radius 1 is 0.946 bits per heavy atom. The van der Waals surface area contributed by atoms with E-state index in [1.165, 1.54) is 45.6 Å². The summed E-state index contributed by atoms with van der Waals surface area (Å²) in [5, 5.41) is 3.09. The Hall–Kier alpha value is -3.12. The molecule has 37 heavy (non-hydrogen) atoms. The predicted molar refractivity (Wildman–Crippen MR) is 143 cm³/mol. The molecule has 1 N–H and O–H groups in total. The monoisotopic (exact) mass is 610 g/mol. The minimum Gasteiger partial charge on any atom is -0.493 e. The highest BCUT2D eigenvalue weighted by atomic mass is 79.9. The number of nitrogens with zero attached hydrogens (tertiary/aromatic N) is 1. The van der Waals surface area contributed by atoms with Crippen LogP contribution >= 0.6 is 27.5 Å². The fourth-order valence-electron chi connectivity index (χ4n) is 3.39. The Bertz CT molecular complexity index is 1380. The Labute approximate surface area is 228 Å². The van der Waals surface area contributed by atoms with Crippen LogP contribution < -0.4 is 14.8 Å². The molecule has 0 heterocycles. The van der Waals surface area contributed by atoms with Gasteiger partial charge < -0.3 is 19.5 Å². The molecule has 0 spiro atoms. The molecule has 0 unspecified atom stereocenters. The summed E-state index contributed by atoms with van der Waals surface area (Å²) in [5.41, 5.74) is 0.703. The molecule has 0 aliphatic heterocycles. The Morgan fingerprint density at radius 2 is 1.54 bits per heavy atom. The highest BCUT2D eigenvalue weighted by molar-refractivity contribution is 9.10. The molecule has 196 valence electrons. The molecule has 0 radical (unpaired) electrons. The number of rotatable bonds is 10. The molecule has 3 aromatic rings. The van der Waals surface area contributed by atoms with Crippen molar-refractivity contribution in [3.63, 3.8) is 0 Å². The van der Waals surface area contributed by atoms with Crippen LogP contribution in [0.5, 0.6) is 11.5 Å². The van der Waals surface area contributed by atoms with E-state index in [1.807, 2.05) is 0 Å². The molecule has 0 fully saturated rings. The van der Waals surface area contributed by atoms with Gasteiger partial charge in [0.05, 0.1) is 44.0 Å². The van der Waals surface area contributed by atoms with Gasteiger partial charge in [0.1, 0.15) is 0 Å². The quantitative estimate of drug-likeness (QED) is 0.330. The van der Waals surface area contributed by atoms with Crippen LogP contribution in [0.25, 0.3) is 0 Å². The lowest BCUT2D eigenvalue weighted by Crippen LogP contribution is -2.37. The topological polar surface area (TPSA) is 111 Å². The first-order valence-electron chi connectivity index (χ1n) is 10.7. The lowest BCUT2D eigenvalue weighted by atomic mass is 10.1. The highest BCUT2D eigenvalue weighted by Gasteiger charge is 2.28. The number of hydrogen-bond acceptors (Lipinski definition) is 7. The summed E-state index contributed by atoms with van der Waals surface area (Å²) in [7, 11) is -0.0838. The maximum Gasteiger partial charge on any atom is 0.340 e. The van der Waals surface area contributed by atoms with Crippen molar-refractivity contribution >= 4 is 55.1 Å². The number of anilines is 1. The van der Waals surface area contributed by atoms with Crippen molar-refractivity contribution in [1.82, 2.24) is 4.31 Å². The second-order valence-corrected chi connectivity index (χ2v) is 10.9. The van der Waals surface area contributed by atoms with Gasteiger partial charge in [-0.05, 0) is 42.0 Å². The molecular weight excluding hydrogens is 588 g/mol. The van der Waals surface area contributed by atoms with E-state index >= 15 is 0 Å². The zero-order valence-electron chi connectivity index (χ0n) is 20.2. The smallest absolute Gasteiger partial charge is 0.340 e. The number of halogens is 2. The van der Waals surface area contributed by atoms with Crippen LogP contribution in [-0.4, -0.2) is 52.5 Å². The average Bonchev–Trinajstić information content (AvgIpc) is 2.89. The lowest BCUT2D eigenvalue weighted by molar-refractivity contribution is -0.116. The molecule has 3 rings (SSSR count). The van der Waals surface area contributed by atoms with Gasteiger partial charge in [0.15, 0.2) is 11.5 Å². The van der Waals surface area contributed by atoms with E-state index in [2.05, 4.69) is 21.2 Å². The number of hydrogen-bond donors (Lipinski definition) is 1. The van der Waals surface area contributed by atoms with Crippen molar-refractivity contribution < 1.29 is 32.2 Å². The lowest BCUT2D eigenvalue weighted by Gasteiger charge is -2.22. The van der Waals surface area contributed by atoms with Crippen LogP contribution in [0.2, 0.25) is 5.02 Å². The van der Waals surface area contributed by atoms with Crippen LogP contribution in [0.1, 0.15) is 15.9 Å². The van der Waals surface area contributed by atoms with Crippen LogP contribution in [-0.2, 0) is 26.1 Å². The van der Waals surface area contributed by atoms with Gasteiger partial charge in [-0.1, -0.05) is 39.7 Å². The molecule has 0 aliphatic carbocycles. The Morgan fingerprint density at radius 3 is 2.11 bits per heavy atom. The normalized spacial score (nSPS) is 11.2. The van der Waals surface area contributed by atoms with Gasteiger partial charge in [0.2, 0.25) is 15.9 Å². The van der Waals surface area contributed by atoms with Crippen molar-refractivity contribution in [2.45, 2.75) is 11.4 Å². The number of benzene rings is 3. The van der Waals surface area contributed by atoms with Gasteiger partial charge in [-0.25, -0.2) is 13.2 Å². The number of amides is 1. The van der Waals surface area contributed by atoms with Crippen molar-refractivity contribution in [3.05, 3.63) is 81.3 Å². The first-order valence-corrected chi connectivity index (χ1v) is 13.3. The van der Waals surface area contributed by atoms with E-state index in [0.717, 1.165) is 4.31 Å². The number of carbonyl (C=O) groups is 2. The first kappa shape index (κ1) is 28.5. The number of methoxy groups -OCH3 is 3.